The highest BCUT2D eigenvalue weighted by atomic mass is 35.5. The first-order valence-electron chi connectivity index (χ1n) is 9.81. The van der Waals surface area contributed by atoms with Crippen LogP contribution in [0.15, 0.2) is 67.5 Å². The van der Waals surface area contributed by atoms with Gasteiger partial charge in [0, 0.05) is 29.0 Å². The number of imidazole rings is 1. The number of benzene rings is 2. The van der Waals surface area contributed by atoms with Crippen molar-refractivity contribution in [1.29, 1.82) is 0 Å². The molecule has 0 spiro atoms. The van der Waals surface area contributed by atoms with E-state index in [1.54, 1.807) is 29.3 Å². The van der Waals surface area contributed by atoms with Crippen LogP contribution in [0.4, 0.5) is 0 Å². The lowest BCUT2D eigenvalue weighted by molar-refractivity contribution is -0.189. The Labute approximate surface area is 193 Å². The number of hydrogen-bond acceptors (Lipinski definition) is 7. The number of aromatic nitrogens is 6. The zero-order valence-electron chi connectivity index (χ0n) is 16.7. The molecule has 5 rings (SSSR count). The number of halogens is 2. The minimum atomic E-state index is -1.09. The minimum absolute atomic E-state index is 0.288. The average molecular weight is 473 g/mol. The van der Waals surface area contributed by atoms with Gasteiger partial charge in [-0.2, -0.15) is 0 Å². The summed E-state index contributed by atoms with van der Waals surface area (Å²) in [5.41, 5.74) is 1.49. The Balaban J connectivity index is 1.33. The van der Waals surface area contributed by atoms with Crippen LogP contribution < -0.4 is 4.74 Å². The maximum atomic E-state index is 6.51. The second kappa shape index (κ2) is 8.87. The van der Waals surface area contributed by atoms with E-state index in [9.17, 15) is 0 Å². The molecule has 9 nitrogen and oxygen atoms in total. The highest BCUT2D eigenvalue weighted by Gasteiger charge is 2.45. The lowest BCUT2D eigenvalue weighted by Crippen LogP contribution is -2.34. The third-order valence-electron chi connectivity index (χ3n) is 5.02. The quantitative estimate of drug-likeness (QED) is 0.406. The van der Waals surface area contributed by atoms with Gasteiger partial charge in [-0.3, -0.25) is 0 Å². The lowest BCUT2D eigenvalue weighted by atomic mass is 10.1. The van der Waals surface area contributed by atoms with E-state index in [-0.39, 0.29) is 12.7 Å². The molecule has 0 saturated carbocycles. The largest absolute Gasteiger partial charge is 0.491 e. The topological polar surface area (TPSA) is 89.1 Å². The summed E-state index contributed by atoms with van der Waals surface area (Å²) < 4.78 is 22.0. The first-order valence-corrected chi connectivity index (χ1v) is 10.6. The smallest absolute Gasteiger partial charge is 0.215 e. The Bertz CT molecular complexity index is 1190. The predicted octanol–water partition coefficient (Wildman–Crippen LogP) is 3.51. The van der Waals surface area contributed by atoms with Crippen molar-refractivity contribution in [1.82, 2.24) is 29.8 Å². The molecule has 0 aliphatic carbocycles. The van der Waals surface area contributed by atoms with Crippen LogP contribution in [0.3, 0.4) is 0 Å². The molecule has 2 unspecified atom stereocenters. The maximum absolute atomic E-state index is 6.51. The Morgan fingerprint density at radius 3 is 2.88 bits per heavy atom. The summed E-state index contributed by atoms with van der Waals surface area (Å²) in [5, 5.41) is 12.2. The Morgan fingerprint density at radius 1 is 1.16 bits per heavy atom. The molecule has 1 fully saturated rings. The molecule has 0 N–H and O–H groups in total. The number of ether oxygens (including phenoxy) is 3. The van der Waals surface area contributed by atoms with Crippen molar-refractivity contribution in [2.75, 3.05) is 13.2 Å². The zero-order chi connectivity index (χ0) is 22.0. The minimum Gasteiger partial charge on any atom is -0.491 e. The van der Waals surface area contributed by atoms with Gasteiger partial charge >= 0.3 is 0 Å². The van der Waals surface area contributed by atoms with Crippen molar-refractivity contribution in [3.05, 3.63) is 83.1 Å². The van der Waals surface area contributed by atoms with Crippen LogP contribution in [0.1, 0.15) is 5.56 Å². The number of rotatable bonds is 7. The second-order valence-corrected chi connectivity index (χ2v) is 8.07. The van der Waals surface area contributed by atoms with E-state index >= 15 is 0 Å². The second-order valence-electron chi connectivity index (χ2n) is 7.23. The highest BCUT2D eigenvalue weighted by Crippen LogP contribution is 2.40. The van der Waals surface area contributed by atoms with Gasteiger partial charge in [-0.1, -0.05) is 35.3 Å². The SMILES string of the molecule is Clc1ccc(C2(Cn3ccnc3)OCC(COc3cccc(-n4cnnn4)c3)O2)c(Cl)c1. The standard InChI is InChI=1S/C21H18Cl2N6O3/c22-15-4-5-19(20(23)8-15)21(12-28-7-6-24-13-28)31-11-18(32-21)10-30-17-3-1-2-16(9-17)29-14-25-26-27-29/h1-9,13-14,18H,10-12H2. The summed E-state index contributed by atoms with van der Waals surface area (Å²) in [6.45, 7) is 0.996. The van der Waals surface area contributed by atoms with Crippen molar-refractivity contribution in [2.24, 2.45) is 0 Å². The highest BCUT2D eigenvalue weighted by molar-refractivity contribution is 6.35. The molecule has 0 radical (unpaired) electrons. The van der Waals surface area contributed by atoms with E-state index in [1.807, 2.05) is 41.1 Å². The molecule has 1 saturated heterocycles. The van der Waals surface area contributed by atoms with Gasteiger partial charge in [-0.25, -0.2) is 9.67 Å². The van der Waals surface area contributed by atoms with Crippen LogP contribution in [0.5, 0.6) is 5.75 Å². The lowest BCUT2D eigenvalue weighted by Gasteiger charge is -2.30. The van der Waals surface area contributed by atoms with E-state index in [0.29, 0.717) is 34.5 Å². The van der Waals surface area contributed by atoms with E-state index in [2.05, 4.69) is 20.5 Å². The number of tetrazole rings is 1. The van der Waals surface area contributed by atoms with Gasteiger partial charge in [0.1, 0.15) is 24.8 Å². The molecule has 4 aromatic rings. The Hall–Kier alpha value is -2.98. The van der Waals surface area contributed by atoms with Crippen LogP contribution in [-0.2, 0) is 21.8 Å². The summed E-state index contributed by atoms with van der Waals surface area (Å²) in [4.78, 5) is 4.11. The summed E-state index contributed by atoms with van der Waals surface area (Å²) in [7, 11) is 0. The molecule has 2 atom stereocenters. The van der Waals surface area contributed by atoms with Crippen LogP contribution in [0.2, 0.25) is 10.0 Å². The summed E-state index contributed by atoms with van der Waals surface area (Å²) >= 11 is 12.6. The molecule has 164 valence electrons. The number of nitrogens with zero attached hydrogens (tertiary/aromatic N) is 6. The fourth-order valence-electron chi connectivity index (χ4n) is 3.56. The third kappa shape index (κ3) is 4.33. The van der Waals surface area contributed by atoms with Crippen molar-refractivity contribution in [3.63, 3.8) is 0 Å². The fourth-order valence-corrected chi connectivity index (χ4v) is 4.11. The summed E-state index contributed by atoms with van der Waals surface area (Å²) in [6, 6.07) is 12.7. The third-order valence-corrected chi connectivity index (χ3v) is 5.57. The van der Waals surface area contributed by atoms with Crippen molar-refractivity contribution in [2.45, 2.75) is 18.4 Å². The monoisotopic (exact) mass is 472 g/mol. The Kier molecular flexibility index (Phi) is 5.79. The van der Waals surface area contributed by atoms with Crippen molar-refractivity contribution < 1.29 is 14.2 Å². The molecule has 2 aromatic heterocycles. The first-order chi connectivity index (χ1) is 15.6. The van der Waals surface area contributed by atoms with Gasteiger partial charge in [-0.15, -0.1) is 5.10 Å². The van der Waals surface area contributed by atoms with Gasteiger partial charge in [-0.05, 0) is 34.7 Å². The summed E-state index contributed by atoms with van der Waals surface area (Å²) in [6.07, 6.45) is 6.44. The van der Waals surface area contributed by atoms with Gasteiger partial charge in [0.2, 0.25) is 5.79 Å². The molecule has 11 heteroatoms. The van der Waals surface area contributed by atoms with Gasteiger partial charge in [0.15, 0.2) is 0 Å². The van der Waals surface area contributed by atoms with E-state index in [4.69, 9.17) is 37.4 Å². The van der Waals surface area contributed by atoms with Crippen LogP contribution in [-0.4, -0.2) is 49.1 Å². The zero-order valence-corrected chi connectivity index (χ0v) is 18.2. The maximum Gasteiger partial charge on any atom is 0.215 e. The molecule has 3 heterocycles. The molecule has 32 heavy (non-hydrogen) atoms. The van der Waals surface area contributed by atoms with Crippen molar-refractivity contribution >= 4 is 23.2 Å². The van der Waals surface area contributed by atoms with Gasteiger partial charge in [0.05, 0.1) is 30.2 Å². The fraction of sp³-hybridized carbons (Fsp3) is 0.238. The molecule has 2 aromatic carbocycles. The van der Waals surface area contributed by atoms with Gasteiger partial charge < -0.3 is 18.8 Å². The molecule has 1 aliphatic rings. The van der Waals surface area contributed by atoms with Crippen LogP contribution in [0, 0.1) is 0 Å². The molecule has 0 bridgehead atoms. The molecule has 1 aliphatic heterocycles. The van der Waals surface area contributed by atoms with Gasteiger partial charge in [0.25, 0.3) is 0 Å². The Morgan fingerprint density at radius 2 is 2.09 bits per heavy atom. The first kappa shape index (κ1) is 20.9. The average Bonchev–Trinajstić information content (AvgIpc) is 3.56. The van der Waals surface area contributed by atoms with Crippen LogP contribution in [0.25, 0.3) is 5.69 Å². The number of hydrogen-bond donors (Lipinski definition) is 0. The summed E-state index contributed by atoms with van der Waals surface area (Å²) in [5.74, 6) is -0.428. The van der Waals surface area contributed by atoms with E-state index < -0.39 is 5.79 Å². The van der Waals surface area contributed by atoms with E-state index in [1.165, 1.54) is 6.33 Å². The predicted molar refractivity (Wildman–Crippen MR) is 116 cm³/mol. The molecule has 0 amide bonds. The van der Waals surface area contributed by atoms with Crippen molar-refractivity contribution in [3.8, 4) is 11.4 Å². The molecular formula is C21H18Cl2N6O3. The van der Waals surface area contributed by atoms with E-state index in [0.717, 1.165) is 5.69 Å². The molecular weight excluding hydrogens is 455 g/mol. The van der Waals surface area contributed by atoms with Crippen LogP contribution >= 0.6 is 23.2 Å². The normalized spacial score (nSPS) is 20.5.